The minimum absolute atomic E-state index is 0.0951. The smallest absolute Gasteiger partial charge is 0.224 e. The number of carbonyl (C=O) groups excluding carboxylic acids is 2. The van der Waals surface area contributed by atoms with E-state index in [2.05, 4.69) is 10.2 Å². The predicted octanol–water partition coefficient (Wildman–Crippen LogP) is -0.182. The van der Waals surface area contributed by atoms with Gasteiger partial charge in [-0.25, -0.2) is 0 Å². The fraction of sp³-hybridized carbons (Fsp3) is 0.867. The molecule has 6 nitrogen and oxygen atoms in total. The van der Waals surface area contributed by atoms with Gasteiger partial charge in [0.05, 0.1) is 0 Å². The summed E-state index contributed by atoms with van der Waals surface area (Å²) in [5.74, 6) is 0.821. The third-order valence-electron chi connectivity index (χ3n) is 4.32. The van der Waals surface area contributed by atoms with E-state index in [-0.39, 0.29) is 24.5 Å². The maximum Gasteiger partial charge on any atom is 0.224 e. The van der Waals surface area contributed by atoms with Gasteiger partial charge in [-0.3, -0.25) is 14.5 Å². The first-order valence-electron chi connectivity index (χ1n) is 7.97. The Labute approximate surface area is 126 Å². The number of nitrogens with one attached hydrogen (secondary N) is 1. The van der Waals surface area contributed by atoms with Crippen molar-refractivity contribution in [3.05, 3.63) is 0 Å². The average molecular weight is 297 g/mol. The molecule has 0 spiro atoms. The minimum Gasteiger partial charge on any atom is -0.396 e. The van der Waals surface area contributed by atoms with Crippen LogP contribution in [0.2, 0.25) is 0 Å². The lowest BCUT2D eigenvalue weighted by molar-refractivity contribution is -0.134. The summed E-state index contributed by atoms with van der Waals surface area (Å²) in [7, 11) is 0. The van der Waals surface area contributed by atoms with Gasteiger partial charge in [-0.05, 0) is 25.2 Å². The molecule has 1 saturated heterocycles. The van der Waals surface area contributed by atoms with E-state index < -0.39 is 0 Å². The van der Waals surface area contributed by atoms with Crippen molar-refractivity contribution in [3.63, 3.8) is 0 Å². The van der Waals surface area contributed by atoms with E-state index in [0.717, 1.165) is 32.0 Å². The molecular weight excluding hydrogens is 270 g/mol. The summed E-state index contributed by atoms with van der Waals surface area (Å²) in [6, 6.07) is 0.272. The number of aliphatic hydroxyl groups is 1. The summed E-state index contributed by atoms with van der Waals surface area (Å²) in [6.07, 6.45) is 3.72. The van der Waals surface area contributed by atoms with E-state index in [9.17, 15) is 14.7 Å². The van der Waals surface area contributed by atoms with Gasteiger partial charge in [0.1, 0.15) is 0 Å². The topological polar surface area (TPSA) is 72.9 Å². The Kier molecular flexibility index (Phi) is 5.99. The van der Waals surface area contributed by atoms with Gasteiger partial charge in [0.2, 0.25) is 11.8 Å². The van der Waals surface area contributed by atoms with Crippen molar-refractivity contribution in [1.29, 1.82) is 0 Å². The predicted molar refractivity (Wildman–Crippen MR) is 79.7 cm³/mol. The van der Waals surface area contributed by atoms with Gasteiger partial charge in [-0.15, -0.1) is 0 Å². The van der Waals surface area contributed by atoms with Crippen molar-refractivity contribution >= 4 is 11.8 Å². The molecule has 2 amide bonds. The van der Waals surface area contributed by atoms with Crippen LogP contribution in [0.1, 0.15) is 32.6 Å². The molecule has 2 rings (SSSR count). The van der Waals surface area contributed by atoms with Crippen LogP contribution in [0.4, 0.5) is 0 Å². The second-order valence-corrected chi connectivity index (χ2v) is 6.18. The van der Waals surface area contributed by atoms with Gasteiger partial charge >= 0.3 is 0 Å². The molecule has 1 saturated carbocycles. The maximum absolute atomic E-state index is 12.2. The Morgan fingerprint density at radius 2 is 2.05 bits per heavy atom. The number of nitrogens with zero attached hydrogens (tertiary/aromatic N) is 2. The molecule has 120 valence electrons. The van der Waals surface area contributed by atoms with Crippen molar-refractivity contribution in [2.75, 3.05) is 39.3 Å². The standard InChI is InChI=1S/C15H27N3O3/c1-12(20)16-6-4-15(21)18-8-7-17(10-13-2-3-13)14(11-18)5-9-19/h13-14,19H,2-11H2,1H3,(H,16,20). The molecule has 2 N–H and O–H groups in total. The molecule has 0 aromatic carbocycles. The normalized spacial score (nSPS) is 23.1. The molecule has 0 aromatic rings. The number of hydrogen-bond donors (Lipinski definition) is 2. The van der Waals surface area contributed by atoms with Crippen LogP contribution in [0.3, 0.4) is 0 Å². The van der Waals surface area contributed by atoms with E-state index in [1.165, 1.54) is 19.8 Å². The van der Waals surface area contributed by atoms with Crippen molar-refractivity contribution in [2.24, 2.45) is 5.92 Å². The lowest BCUT2D eigenvalue weighted by Gasteiger charge is -2.41. The first-order valence-corrected chi connectivity index (χ1v) is 7.97. The molecular formula is C15H27N3O3. The molecule has 0 radical (unpaired) electrons. The third-order valence-corrected chi connectivity index (χ3v) is 4.32. The molecule has 6 heteroatoms. The van der Waals surface area contributed by atoms with Gasteiger partial charge < -0.3 is 15.3 Å². The van der Waals surface area contributed by atoms with Gasteiger partial charge in [0.25, 0.3) is 0 Å². The molecule has 1 aliphatic carbocycles. The van der Waals surface area contributed by atoms with Gasteiger partial charge in [0.15, 0.2) is 0 Å². The molecule has 21 heavy (non-hydrogen) atoms. The Morgan fingerprint density at radius 3 is 2.67 bits per heavy atom. The highest BCUT2D eigenvalue weighted by Gasteiger charge is 2.32. The minimum atomic E-state index is -0.102. The number of rotatable bonds is 7. The molecule has 2 fully saturated rings. The zero-order chi connectivity index (χ0) is 15.2. The monoisotopic (exact) mass is 297 g/mol. The Hall–Kier alpha value is -1.14. The second-order valence-electron chi connectivity index (χ2n) is 6.18. The number of hydrogen-bond acceptors (Lipinski definition) is 4. The van der Waals surface area contributed by atoms with Crippen LogP contribution >= 0.6 is 0 Å². The van der Waals surface area contributed by atoms with Gasteiger partial charge in [-0.1, -0.05) is 0 Å². The lowest BCUT2D eigenvalue weighted by atomic mass is 10.1. The lowest BCUT2D eigenvalue weighted by Crippen LogP contribution is -2.55. The van der Waals surface area contributed by atoms with Gasteiger partial charge in [-0.2, -0.15) is 0 Å². The number of aliphatic hydroxyl groups excluding tert-OH is 1. The number of amides is 2. The van der Waals surface area contributed by atoms with Crippen molar-refractivity contribution in [3.8, 4) is 0 Å². The molecule has 0 bridgehead atoms. The Bertz CT molecular complexity index is 371. The van der Waals surface area contributed by atoms with Crippen LogP contribution in [-0.4, -0.2) is 72.1 Å². The first kappa shape index (κ1) is 16.2. The summed E-state index contributed by atoms with van der Waals surface area (Å²) in [4.78, 5) is 27.3. The summed E-state index contributed by atoms with van der Waals surface area (Å²) >= 11 is 0. The quantitative estimate of drug-likeness (QED) is 0.684. The molecule has 1 aliphatic heterocycles. The van der Waals surface area contributed by atoms with E-state index in [0.29, 0.717) is 19.5 Å². The van der Waals surface area contributed by atoms with Crippen LogP contribution in [-0.2, 0) is 9.59 Å². The fourth-order valence-corrected chi connectivity index (χ4v) is 2.92. The zero-order valence-corrected chi connectivity index (χ0v) is 12.9. The van der Waals surface area contributed by atoms with E-state index in [1.807, 2.05) is 4.90 Å². The van der Waals surface area contributed by atoms with Crippen LogP contribution < -0.4 is 5.32 Å². The Balaban J connectivity index is 1.79. The third kappa shape index (κ3) is 5.28. The van der Waals surface area contributed by atoms with Crippen LogP contribution in [0.5, 0.6) is 0 Å². The van der Waals surface area contributed by atoms with Crippen LogP contribution in [0, 0.1) is 5.92 Å². The van der Waals surface area contributed by atoms with Gasteiger partial charge in [0, 0.05) is 58.7 Å². The van der Waals surface area contributed by atoms with Crippen LogP contribution in [0.15, 0.2) is 0 Å². The van der Waals surface area contributed by atoms with E-state index in [4.69, 9.17) is 0 Å². The summed E-state index contributed by atoms with van der Waals surface area (Å²) in [6.45, 7) is 5.49. The van der Waals surface area contributed by atoms with E-state index >= 15 is 0 Å². The fourth-order valence-electron chi connectivity index (χ4n) is 2.92. The molecule has 1 atom stereocenters. The summed E-state index contributed by atoms with van der Waals surface area (Å²) in [5.41, 5.74) is 0. The highest BCUT2D eigenvalue weighted by atomic mass is 16.3. The largest absolute Gasteiger partial charge is 0.396 e. The van der Waals surface area contributed by atoms with Crippen molar-refractivity contribution in [2.45, 2.75) is 38.6 Å². The van der Waals surface area contributed by atoms with Crippen LogP contribution in [0.25, 0.3) is 0 Å². The first-order chi connectivity index (χ1) is 10.1. The molecule has 1 unspecified atom stereocenters. The Morgan fingerprint density at radius 1 is 1.29 bits per heavy atom. The van der Waals surface area contributed by atoms with Crippen molar-refractivity contribution in [1.82, 2.24) is 15.1 Å². The average Bonchev–Trinajstić information content (AvgIpc) is 3.24. The van der Waals surface area contributed by atoms with Crippen molar-refractivity contribution < 1.29 is 14.7 Å². The zero-order valence-electron chi connectivity index (χ0n) is 12.9. The summed E-state index contributed by atoms with van der Waals surface area (Å²) < 4.78 is 0. The highest BCUT2D eigenvalue weighted by molar-refractivity contribution is 5.78. The summed E-state index contributed by atoms with van der Waals surface area (Å²) in [5, 5.41) is 11.9. The maximum atomic E-state index is 12.2. The van der Waals surface area contributed by atoms with E-state index in [1.54, 1.807) is 0 Å². The molecule has 0 aromatic heterocycles. The molecule has 2 aliphatic rings. The SMILES string of the molecule is CC(=O)NCCC(=O)N1CCN(CC2CC2)C(CCO)C1. The number of carbonyl (C=O) groups is 2. The second kappa shape index (κ2) is 7.75. The highest BCUT2D eigenvalue weighted by Crippen LogP contribution is 2.31. The number of piperazine rings is 1. The molecule has 1 heterocycles.